The molecule has 1 aromatic heterocycles. The quantitative estimate of drug-likeness (QED) is 0.0432. The fourth-order valence-corrected chi connectivity index (χ4v) is 17.8. The molecule has 10 rings (SSSR count). The van der Waals surface area contributed by atoms with Crippen molar-refractivity contribution in [3.05, 3.63) is 203 Å². The van der Waals surface area contributed by atoms with Gasteiger partial charge in [0, 0.05) is 95.6 Å². The number of hydrogen-bond donors (Lipinski definition) is 14. The molecule has 0 bridgehead atoms. The van der Waals surface area contributed by atoms with Crippen LogP contribution in [0.5, 0.6) is 11.5 Å². The lowest BCUT2D eigenvalue weighted by Crippen LogP contribution is -2.64. The van der Waals surface area contributed by atoms with Crippen molar-refractivity contribution in [3.8, 4) is 11.5 Å². The first-order chi connectivity index (χ1) is 65.6. The summed E-state index contributed by atoms with van der Waals surface area (Å²) in [5, 5.41) is 55.9. The lowest BCUT2D eigenvalue weighted by atomic mass is 9.85. The molecule has 3 aliphatic heterocycles. The number of phenolic OH excluding ortho intramolecular Hbond substituents is 2. The molecular weight excluding hydrogens is 1810 g/mol. The standard InChI is InChI=1S/C98H121F3N16O20S/c1-10-11-27-76-96(135)116-37-20-28-75(116)90(129)109-71(49-82(122)123)89(128)112-84(98(4,5)6)97(136)114(8)77(46-56-21-14-12-15-22-56)91(130)110-73(44-59-31-35-63(119)36-32-59)94(133)117-38-39-137-52-79(117)92(131)108-70(48-61-50-103-67-26-19-18-25-64(61)67)88(127)107-69(43-58-29-33-62(118)34-30-58)87(126)106-68(40-55(2)3)86(125)111-74(85(124)104-51-80(102)120)53-138-54-81(121)105-72(45-60-41-65(99)83(101)66(100)42-60)93(132)115(9)78(95(134)113(76)7)47-57-23-16-13-17-24-57/h12-19,21-26,29-36,41-42,50,55,68-79,84,103,118-119H,10-11,20,27-28,37-40,43-49,51-54H2,1-9H3,(H2,102,120)(H,104,124)(H,105,121)(H,106,126)(H,107,127)(H,108,131)(H,109,129)(H,110,130)(H,111,125)(H,112,128)(H,122,123)/t68-,69-,70-,71-,72-,73-,74-,75+,76-,77-,78-,79+,84+/m0/s1. The first kappa shape index (κ1) is 106. The van der Waals surface area contributed by atoms with Gasteiger partial charge in [0.15, 0.2) is 17.5 Å². The van der Waals surface area contributed by atoms with Gasteiger partial charge in [-0.15, -0.1) is 11.8 Å². The van der Waals surface area contributed by atoms with Gasteiger partial charge in [0.25, 0.3) is 0 Å². The smallest absolute Gasteiger partial charge is 0.305 e. The SMILES string of the molecule is CCCC[C@H]1C(=O)N2CCC[C@@H]2C(=O)N[C@@H](CC(=O)O)C(=O)N[C@@H](C(C)(C)C)C(=O)N(C)[C@@H](Cc2ccccc2)C(=O)N[C@@H](Cc2ccc(O)cc2)C(=O)N2CCOC[C@@H]2C(=O)N[C@@H](Cc2c[nH]c3ccccc23)C(=O)N[C@@H](Cc2ccc(O)cc2)C(=O)N[C@@H](CC(C)C)C(=O)N[C@H](C(=O)NCC(N)=O)CSCC(=O)N[C@@H](Cc2cc(F)c(F)c(F)c2)C(=O)N(C)[C@@H](Cc2ccccc2)C(=O)N1C. The molecule has 0 aliphatic carbocycles. The van der Waals surface area contributed by atoms with Crippen LogP contribution < -0.4 is 53.6 Å². The van der Waals surface area contributed by atoms with Gasteiger partial charge in [-0.05, 0) is 113 Å². The summed E-state index contributed by atoms with van der Waals surface area (Å²) >= 11 is 0.672. The predicted molar refractivity (Wildman–Crippen MR) is 502 cm³/mol. The maximum absolute atomic E-state index is 15.9. The number of amides is 15. The number of aromatic nitrogens is 1. The lowest BCUT2D eigenvalue weighted by molar-refractivity contribution is -0.152. The van der Waals surface area contributed by atoms with Crippen LogP contribution in [-0.4, -0.2) is 283 Å². The highest BCUT2D eigenvalue weighted by atomic mass is 32.2. The average Bonchev–Trinajstić information content (AvgIpc) is 1.44. The molecular formula is C98H121F3N16O20S. The van der Waals surface area contributed by atoms with Crippen LogP contribution in [0.15, 0.2) is 152 Å². The third kappa shape index (κ3) is 29.1. The second kappa shape index (κ2) is 49.2. The largest absolute Gasteiger partial charge is 0.508 e. The topological polar surface area (TPSA) is 509 Å². The van der Waals surface area contributed by atoms with Crippen molar-refractivity contribution in [1.82, 2.24) is 77.3 Å². The van der Waals surface area contributed by atoms with Gasteiger partial charge in [-0.3, -0.25) is 76.7 Å². The number of carboxylic acid groups (broad SMARTS) is 1. The van der Waals surface area contributed by atoms with Crippen LogP contribution in [0, 0.1) is 28.8 Å². The molecule has 36 nitrogen and oxygen atoms in total. The summed E-state index contributed by atoms with van der Waals surface area (Å²) < 4.78 is 51.1. The first-order valence-electron chi connectivity index (χ1n) is 45.7. The number of halogens is 3. The summed E-state index contributed by atoms with van der Waals surface area (Å²) in [5.41, 5.74) is 6.55. The van der Waals surface area contributed by atoms with Crippen LogP contribution in [0.3, 0.4) is 0 Å². The van der Waals surface area contributed by atoms with Crippen molar-refractivity contribution in [3.63, 3.8) is 0 Å². The number of phenols is 2. The van der Waals surface area contributed by atoms with Gasteiger partial charge in [-0.25, -0.2) is 13.2 Å². The number of para-hydroxylation sites is 1. The number of rotatable bonds is 22. The number of likely N-dealkylation sites (N-methyl/N-ethyl adjacent to an activating group) is 3. The van der Waals surface area contributed by atoms with Gasteiger partial charge >= 0.3 is 5.97 Å². The van der Waals surface area contributed by atoms with Gasteiger partial charge in [-0.2, -0.15) is 0 Å². The Kier molecular flexibility index (Phi) is 37.8. The van der Waals surface area contributed by atoms with E-state index in [1.54, 1.807) is 126 Å². The van der Waals surface area contributed by atoms with Crippen molar-refractivity contribution in [2.45, 2.75) is 204 Å². The summed E-state index contributed by atoms with van der Waals surface area (Å²) in [6.07, 6.45) is -1.17. The number of aromatic hydroxyl groups is 2. The van der Waals surface area contributed by atoms with Crippen LogP contribution in [0.4, 0.5) is 13.2 Å². The van der Waals surface area contributed by atoms with Crippen LogP contribution in [0.25, 0.3) is 10.9 Å². The first-order valence-corrected chi connectivity index (χ1v) is 46.8. The molecule has 13 atom stereocenters. The Morgan fingerprint density at radius 3 is 1.62 bits per heavy atom. The van der Waals surface area contributed by atoms with Crippen molar-refractivity contribution >= 4 is 117 Å². The number of fused-ring (bicyclic) bond motifs is 3. The molecule has 0 radical (unpaired) electrons. The zero-order chi connectivity index (χ0) is 101. The number of H-pyrrole nitrogens is 1. The molecule has 6 aromatic carbocycles. The van der Waals surface area contributed by atoms with E-state index in [-0.39, 0.29) is 101 Å². The number of carbonyl (C=O) groups is 16. The number of aromatic amines is 1. The summed E-state index contributed by atoms with van der Waals surface area (Å²) in [5.74, 6) is -23.6. The molecule has 4 heterocycles. The third-order valence-electron chi connectivity index (χ3n) is 24.4. The number of aliphatic carboxylic acids is 1. The highest BCUT2D eigenvalue weighted by Gasteiger charge is 2.47. The summed E-state index contributed by atoms with van der Waals surface area (Å²) in [7, 11) is 3.76. The van der Waals surface area contributed by atoms with Gasteiger partial charge in [0.1, 0.15) is 90.0 Å². The molecule has 7 aromatic rings. The Hall–Kier alpha value is -13.9. The van der Waals surface area contributed by atoms with E-state index >= 15 is 66.3 Å². The average molecular weight is 1930 g/mol. The van der Waals surface area contributed by atoms with Crippen molar-refractivity contribution in [1.29, 1.82) is 0 Å². The minimum atomic E-state index is -1.97. The second-order valence-corrected chi connectivity index (χ2v) is 37.4. The second-order valence-electron chi connectivity index (χ2n) is 36.3. The van der Waals surface area contributed by atoms with E-state index in [0.29, 0.717) is 69.0 Å². The number of nitrogens with two attached hydrogens (primary N) is 1. The summed E-state index contributed by atoms with van der Waals surface area (Å²) in [4.78, 5) is 249. The van der Waals surface area contributed by atoms with Gasteiger partial charge in [0.2, 0.25) is 88.6 Å². The van der Waals surface area contributed by atoms with Gasteiger partial charge in [-0.1, -0.05) is 158 Å². The molecule has 0 saturated carbocycles. The van der Waals surface area contributed by atoms with E-state index in [1.807, 2.05) is 6.92 Å². The van der Waals surface area contributed by atoms with Crippen molar-refractivity contribution in [2.24, 2.45) is 17.1 Å². The number of nitrogens with one attached hydrogen (secondary N) is 10. The molecule has 3 fully saturated rings. The predicted octanol–water partition coefficient (Wildman–Crippen LogP) is 3.44. The van der Waals surface area contributed by atoms with Crippen LogP contribution in [0.2, 0.25) is 0 Å². The molecule has 740 valence electrons. The van der Waals surface area contributed by atoms with Crippen molar-refractivity contribution < 1.29 is 110 Å². The Labute approximate surface area is 800 Å². The number of unbranched alkanes of at least 4 members (excludes halogenated alkanes) is 1. The van der Waals surface area contributed by atoms with Gasteiger partial charge < -0.3 is 103 Å². The molecule has 0 spiro atoms. The van der Waals surface area contributed by atoms with Crippen LogP contribution in [-0.2, 0) is 120 Å². The Balaban J connectivity index is 1.07. The number of carbonyl (C=O) groups excluding carboxylic acids is 15. The number of hydrogen-bond acceptors (Lipinski definition) is 20. The fraction of sp³-hybridized carbons (Fsp3) is 0.449. The number of thioether (sulfide) groups is 1. The molecule has 3 saturated heterocycles. The Bertz CT molecular complexity index is 5520. The van der Waals surface area contributed by atoms with Crippen LogP contribution in [0.1, 0.15) is 120 Å². The fourth-order valence-electron chi connectivity index (χ4n) is 16.9. The Morgan fingerprint density at radius 2 is 1.03 bits per heavy atom. The van der Waals surface area contributed by atoms with Crippen molar-refractivity contribution in [2.75, 3.05) is 65.5 Å². The summed E-state index contributed by atoms with van der Waals surface area (Å²) in [6.45, 7) is 8.07. The minimum absolute atomic E-state index is 0.0518. The zero-order valence-electron chi connectivity index (χ0n) is 78.3. The number of morpholine rings is 1. The van der Waals surface area contributed by atoms with E-state index in [1.165, 1.54) is 74.6 Å². The number of carboxylic acids is 1. The molecule has 138 heavy (non-hydrogen) atoms. The third-order valence-corrected chi connectivity index (χ3v) is 25.5. The highest BCUT2D eigenvalue weighted by Crippen LogP contribution is 2.30. The van der Waals surface area contributed by atoms with E-state index in [2.05, 4.69) is 52.8 Å². The summed E-state index contributed by atoms with van der Waals surface area (Å²) in [6, 6.07) is 14.6. The maximum atomic E-state index is 15.9. The lowest BCUT2D eigenvalue weighted by Gasteiger charge is -2.39. The zero-order valence-corrected chi connectivity index (χ0v) is 79.1. The van der Waals surface area contributed by atoms with Crippen LogP contribution >= 0.6 is 11.8 Å². The molecule has 40 heteroatoms. The van der Waals surface area contributed by atoms with E-state index in [0.717, 1.165) is 19.6 Å². The highest BCUT2D eigenvalue weighted by molar-refractivity contribution is 8.00. The number of nitrogens with zero attached hydrogens (tertiary/aromatic N) is 5. The normalized spacial score (nSPS) is 23.3. The van der Waals surface area contributed by atoms with E-state index < -0.39 is 239 Å². The maximum Gasteiger partial charge on any atom is 0.305 e. The number of ether oxygens (including phenoxy) is 1. The van der Waals surface area contributed by atoms with E-state index in [4.69, 9.17) is 10.5 Å². The number of primary amides is 1. The molecule has 0 unspecified atom stereocenters. The van der Waals surface area contributed by atoms with Gasteiger partial charge in [0.05, 0.1) is 31.9 Å². The number of benzene rings is 6. The minimum Gasteiger partial charge on any atom is -0.508 e. The van der Waals surface area contributed by atoms with E-state index in [9.17, 15) is 38.9 Å². The molecule has 15 amide bonds. The molecule has 15 N–H and O–H groups in total. The monoisotopic (exact) mass is 1930 g/mol. The Morgan fingerprint density at radius 1 is 0.529 bits per heavy atom. The molecule has 3 aliphatic rings.